The van der Waals surface area contributed by atoms with E-state index in [1.165, 1.54) is 7.05 Å². The Morgan fingerprint density at radius 2 is 1.81 bits per heavy atom. The van der Waals surface area contributed by atoms with Crippen LogP contribution in [-0.2, 0) is 28.0 Å². The van der Waals surface area contributed by atoms with Crippen molar-refractivity contribution in [3.63, 3.8) is 0 Å². The summed E-state index contributed by atoms with van der Waals surface area (Å²) in [6.07, 6.45) is -4.34. The summed E-state index contributed by atoms with van der Waals surface area (Å²) < 4.78 is 69.6. The second-order valence-corrected chi connectivity index (χ2v) is 9.57. The van der Waals surface area contributed by atoms with Gasteiger partial charge in [0.15, 0.2) is 0 Å². The first-order valence-corrected chi connectivity index (χ1v) is 9.84. The first-order valence-electron chi connectivity index (χ1n) is 8.02. The molecule has 0 atom stereocenters. The van der Waals surface area contributed by atoms with E-state index < -0.39 is 26.8 Å². The first-order chi connectivity index (χ1) is 12.2. The lowest BCUT2D eigenvalue weighted by Gasteiger charge is -2.18. The molecule has 0 bridgehead atoms. The SMILES string of the molecule is CN(CCc1cc(C(C)(C)C)no1)S(=O)(=O)c1ccc(C(F)(F)F)cc1Cl. The topological polar surface area (TPSA) is 63.4 Å². The molecule has 0 radical (unpaired) electrons. The first kappa shape index (κ1) is 21.7. The zero-order valence-corrected chi connectivity index (χ0v) is 16.8. The maximum atomic E-state index is 12.7. The molecule has 5 nitrogen and oxygen atoms in total. The van der Waals surface area contributed by atoms with Crippen molar-refractivity contribution in [3.05, 3.63) is 46.3 Å². The number of alkyl halides is 3. The molecule has 0 aliphatic carbocycles. The van der Waals surface area contributed by atoms with Gasteiger partial charge < -0.3 is 4.52 Å². The van der Waals surface area contributed by atoms with E-state index in [2.05, 4.69) is 5.16 Å². The second kappa shape index (κ2) is 7.44. The van der Waals surface area contributed by atoms with Crippen LogP contribution in [0.3, 0.4) is 0 Å². The minimum Gasteiger partial charge on any atom is -0.361 e. The van der Waals surface area contributed by atoms with Gasteiger partial charge in [0.1, 0.15) is 10.7 Å². The van der Waals surface area contributed by atoms with E-state index in [1.54, 1.807) is 6.07 Å². The highest BCUT2D eigenvalue weighted by Gasteiger charge is 2.33. The summed E-state index contributed by atoms with van der Waals surface area (Å²) in [5, 5.41) is 3.48. The van der Waals surface area contributed by atoms with Crippen molar-refractivity contribution in [1.82, 2.24) is 9.46 Å². The fraction of sp³-hybridized carbons (Fsp3) is 0.471. The Morgan fingerprint density at radius 3 is 2.30 bits per heavy atom. The fourth-order valence-electron chi connectivity index (χ4n) is 2.23. The van der Waals surface area contributed by atoms with E-state index in [1.807, 2.05) is 20.8 Å². The zero-order valence-electron chi connectivity index (χ0n) is 15.3. The molecule has 0 spiro atoms. The maximum absolute atomic E-state index is 12.7. The molecule has 0 saturated heterocycles. The van der Waals surface area contributed by atoms with Gasteiger partial charge in [0.2, 0.25) is 10.0 Å². The Balaban J connectivity index is 2.16. The molecule has 0 aliphatic heterocycles. The molecule has 1 aromatic carbocycles. The number of hydrogen-bond acceptors (Lipinski definition) is 4. The standard InChI is InChI=1S/C17H20ClF3N2O3S/c1-16(2,3)15-10-12(26-22-15)7-8-23(4)27(24,25)14-6-5-11(9-13(14)18)17(19,20)21/h5-6,9-10H,7-8H2,1-4H3. The van der Waals surface area contributed by atoms with Crippen LogP contribution in [0.1, 0.15) is 37.8 Å². The fourth-order valence-corrected chi connectivity index (χ4v) is 3.91. The van der Waals surface area contributed by atoms with Gasteiger partial charge in [0.25, 0.3) is 0 Å². The summed E-state index contributed by atoms with van der Waals surface area (Å²) in [4.78, 5) is -0.382. The summed E-state index contributed by atoms with van der Waals surface area (Å²) in [6, 6.07) is 3.92. The van der Waals surface area contributed by atoms with Crippen molar-refractivity contribution < 1.29 is 26.1 Å². The Bertz CT molecular complexity index is 918. The number of benzene rings is 1. The normalized spacial score (nSPS) is 13.4. The van der Waals surface area contributed by atoms with Crippen molar-refractivity contribution >= 4 is 21.6 Å². The van der Waals surface area contributed by atoms with Crippen molar-refractivity contribution in [1.29, 1.82) is 0 Å². The van der Waals surface area contributed by atoms with Gasteiger partial charge in [-0.25, -0.2) is 12.7 Å². The molecule has 150 valence electrons. The molecule has 1 heterocycles. The predicted molar refractivity (Wildman–Crippen MR) is 95.2 cm³/mol. The monoisotopic (exact) mass is 424 g/mol. The van der Waals surface area contributed by atoms with Crippen LogP contribution in [0.5, 0.6) is 0 Å². The molecule has 10 heteroatoms. The Hall–Kier alpha value is -1.58. The van der Waals surface area contributed by atoms with E-state index in [0.29, 0.717) is 17.9 Å². The van der Waals surface area contributed by atoms with Crippen LogP contribution in [0.2, 0.25) is 5.02 Å². The van der Waals surface area contributed by atoms with Crippen LogP contribution >= 0.6 is 11.6 Å². The van der Waals surface area contributed by atoms with Gasteiger partial charge in [-0.15, -0.1) is 0 Å². The Kier molecular flexibility index (Phi) is 5.99. The third kappa shape index (κ3) is 5.03. The van der Waals surface area contributed by atoms with Crippen molar-refractivity contribution in [3.8, 4) is 0 Å². The lowest BCUT2D eigenvalue weighted by atomic mass is 9.92. The Labute approximate surface area is 161 Å². The van der Waals surface area contributed by atoms with Crippen LogP contribution < -0.4 is 0 Å². The number of likely N-dealkylation sites (N-methyl/N-ethyl adjacent to an activating group) is 1. The molecule has 27 heavy (non-hydrogen) atoms. The van der Waals surface area contributed by atoms with E-state index in [-0.39, 0.29) is 23.3 Å². The van der Waals surface area contributed by atoms with E-state index >= 15 is 0 Å². The third-order valence-corrected chi connectivity index (χ3v) is 6.29. The largest absolute Gasteiger partial charge is 0.416 e. The van der Waals surface area contributed by atoms with Crippen LogP contribution in [0.25, 0.3) is 0 Å². The Morgan fingerprint density at radius 1 is 1.19 bits per heavy atom. The number of halogens is 4. The van der Waals surface area contributed by atoms with Crippen LogP contribution in [0.15, 0.2) is 33.7 Å². The number of rotatable bonds is 5. The highest BCUT2D eigenvalue weighted by atomic mass is 35.5. The van der Waals surface area contributed by atoms with E-state index in [9.17, 15) is 21.6 Å². The molecule has 0 unspecified atom stereocenters. The van der Waals surface area contributed by atoms with Gasteiger partial charge in [-0.3, -0.25) is 0 Å². The van der Waals surface area contributed by atoms with Gasteiger partial charge in [-0.05, 0) is 18.2 Å². The number of aromatic nitrogens is 1. The van der Waals surface area contributed by atoms with Gasteiger partial charge in [0, 0.05) is 31.5 Å². The summed E-state index contributed by atoms with van der Waals surface area (Å²) in [6.45, 7) is 5.96. The zero-order chi connectivity index (χ0) is 20.6. The highest BCUT2D eigenvalue weighted by molar-refractivity contribution is 7.89. The summed E-state index contributed by atoms with van der Waals surface area (Å²) in [5.41, 5.74) is -0.465. The molecule has 0 saturated carbocycles. The summed E-state index contributed by atoms with van der Waals surface area (Å²) in [5.74, 6) is 0.514. The van der Waals surface area contributed by atoms with Crippen LogP contribution in [0.4, 0.5) is 13.2 Å². The molecule has 2 rings (SSSR count). The molecule has 0 amide bonds. The lowest BCUT2D eigenvalue weighted by molar-refractivity contribution is -0.137. The quantitative estimate of drug-likeness (QED) is 0.708. The van der Waals surface area contributed by atoms with Crippen LogP contribution in [0, 0.1) is 0 Å². The van der Waals surface area contributed by atoms with Crippen molar-refractivity contribution in [2.24, 2.45) is 0 Å². The molecule has 0 aliphatic rings. The summed E-state index contributed by atoms with van der Waals surface area (Å²) >= 11 is 5.80. The number of hydrogen-bond donors (Lipinski definition) is 0. The smallest absolute Gasteiger partial charge is 0.361 e. The molecular formula is C17H20ClF3N2O3S. The molecule has 0 fully saturated rings. The lowest BCUT2D eigenvalue weighted by Crippen LogP contribution is -2.29. The van der Waals surface area contributed by atoms with Gasteiger partial charge in [-0.1, -0.05) is 37.5 Å². The molecular weight excluding hydrogens is 405 g/mol. The van der Waals surface area contributed by atoms with Crippen molar-refractivity contribution in [2.75, 3.05) is 13.6 Å². The minimum atomic E-state index is -4.60. The molecule has 2 aromatic rings. The molecule has 1 aromatic heterocycles. The van der Waals surface area contributed by atoms with Gasteiger partial charge in [-0.2, -0.15) is 13.2 Å². The highest BCUT2D eigenvalue weighted by Crippen LogP contribution is 2.34. The van der Waals surface area contributed by atoms with Crippen molar-refractivity contribution in [2.45, 2.75) is 43.7 Å². The summed E-state index contributed by atoms with van der Waals surface area (Å²) in [7, 11) is -2.73. The van der Waals surface area contributed by atoms with Gasteiger partial charge in [0.05, 0.1) is 16.3 Å². The maximum Gasteiger partial charge on any atom is 0.416 e. The molecule has 0 N–H and O–H groups in total. The van der Waals surface area contributed by atoms with Gasteiger partial charge >= 0.3 is 6.18 Å². The average molecular weight is 425 g/mol. The number of sulfonamides is 1. The van der Waals surface area contributed by atoms with E-state index in [0.717, 1.165) is 16.1 Å². The second-order valence-electron chi connectivity index (χ2n) is 7.15. The number of nitrogens with zero attached hydrogens (tertiary/aromatic N) is 2. The van der Waals surface area contributed by atoms with E-state index in [4.69, 9.17) is 16.1 Å². The third-order valence-electron chi connectivity index (χ3n) is 3.95. The minimum absolute atomic E-state index is 0.0540. The van der Waals surface area contributed by atoms with Crippen LogP contribution in [-0.4, -0.2) is 31.5 Å². The predicted octanol–water partition coefficient (Wildman–Crippen LogP) is 4.51. The average Bonchev–Trinajstić information content (AvgIpc) is 3.00.